The van der Waals surface area contributed by atoms with E-state index in [1.165, 1.54) is 11.3 Å². The molecule has 0 bridgehead atoms. The van der Waals surface area contributed by atoms with Crippen molar-refractivity contribution in [3.8, 4) is 0 Å². The molecule has 1 heterocycles. The molecule has 6 heteroatoms. The average Bonchev–Trinajstić information content (AvgIpc) is 2.75. The maximum Gasteiger partial charge on any atom is 0.251 e. The highest BCUT2D eigenvalue weighted by molar-refractivity contribution is 9.10. The summed E-state index contributed by atoms with van der Waals surface area (Å²) in [5.41, 5.74) is 6.81. The summed E-state index contributed by atoms with van der Waals surface area (Å²) in [5, 5.41) is 2.82. The number of nitrogens with two attached hydrogens (primary N) is 1. The summed E-state index contributed by atoms with van der Waals surface area (Å²) in [7, 11) is 0. The first-order valence-corrected chi connectivity index (χ1v) is 7.12. The lowest BCUT2D eigenvalue weighted by atomic mass is 10.2. The second kappa shape index (κ2) is 5.73. The molecule has 1 aromatic carbocycles. The molecule has 0 fully saturated rings. The van der Waals surface area contributed by atoms with E-state index in [1.807, 2.05) is 12.1 Å². The predicted molar refractivity (Wildman–Crippen MR) is 79.1 cm³/mol. The Balaban J connectivity index is 2.01. The Morgan fingerprint density at radius 1 is 1.39 bits per heavy atom. The maximum absolute atomic E-state index is 11.9. The van der Waals surface area contributed by atoms with Gasteiger partial charge < -0.3 is 11.1 Å². The Hall–Kier alpha value is -1.04. The average molecular weight is 346 g/mol. The van der Waals surface area contributed by atoms with Gasteiger partial charge in [0.2, 0.25) is 0 Å². The lowest BCUT2D eigenvalue weighted by Gasteiger charge is -2.05. The third-order valence-electron chi connectivity index (χ3n) is 2.31. The molecule has 0 radical (unpaired) electrons. The number of thiophene rings is 1. The van der Waals surface area contributed by atoms with Crippen molar-refractivity contribution in [3.05, 3.63) is 49.6 Å². The number of hydrogen-bond donors (Lipinski definition) is 2. The summed E-state index contributed by atoms with van der Waals surface area (Å²) in [5.74, 6) is -0.154. The van der Waals surface area contributed by atoms with Crippen LogP contribution in [0.5, 0.6) is 0 Å². The molecule has 2 rings (SSSR count). The molecule has 0 aliphatic carbocycles. The Bertz CT molecular complexity index is 585. The van der Waals surface area contributed by atoms with Crippen LogP contribution in [0.4, 0.5) is 5.69 Å². The van der Waals surface area contributed by atoms with Crippen molar-refractivity contribution in [2.45, 2.75) is 6.54 Å². The number of amides is 1. The minimum atomic E-state index is -0.154. The fourth-order valence-electron chi connectivity index (χ4n) is 1.40. The van der Waals surface area contributed by atoms with E-state index in [9.17, 15) is 4.79 Å². The zero-order valence-electron chi connectivity index (χ0n) is 9.24. The van der Waals surface area contributed by atoms with Gasteiger partial charge in [-0.15, -0.1) is 11.3 Å². The summed E-state index contributed by atoms with van der Waals surface area (Å²) < 4.78 is 1.50. The minimum absolute atomic E-state index is 0.154. The largest absolute Gasteiger partial charge is 0.398 e. The highest BCUT2D eigenvalue weighted by Gasteiger charge is 2.07. The normalized spacial score (nSPS) is 10.3. The summed E-state index contributed by atoms with van der Waals surface area (Å²) in [6.07, 6.45) is 0. The maximum atomic E-state index is 11.9. The van der Waals surface area contributed by atoms with Crippen LogP contribution in [0.2, 0.25) is 4.34 Å². The number of hydrogen-bond acceptors (Lipinski definition) is 3. The van der Waals surface area contributed by atoms with E-state index in [2.05, 4.69) is 21.2 Å². The van der Waals surface area contributed by atoms with Gasteiger partial charge in [0.1, 0.15) is 0 Å². The molecule has 0 atom stereocenters. The summed E-state index contributed by atoms with van der Waals surface area (Å²) >= 11 is 10.6. The van der Waals surface area contributed by atoms with Crippen LogP contribution in [0.25, 0.3) is 0 Å². The number of rotatable bonds is 3. The molecule has 18 heavy (non-hydrogen) atoms. The Labute approximate surface area is 122 Å². The number of nitrogens with one attached hydrogen (secondary N) is 1. The van der Waals surface area contributed by atoms with E-state index < -0.39 is 0 Å². The molecule has 0 spiro atoms. The number of anilines is 1. The lowest BCUT2D eigenvalue weighted by Crippen LogP contribution is -2.22. The molecule has 94 valence electrons. The highest BCUT2D eigenvalue weighted by Crippen LogP contribution is 2.22. The Morgan fingerprint density at radius 3 is 2.78 bits per heavy atom. The van der Waals surface area contributed by atoms with Crippen molar-refractivity contribution in [3.63, 3.8) is 0 Å². The first-order valence-electron chi connectivity index (χ1n) is 5.13. The van der Waals surface area contributed by atoms with Gasteiger partial charge >= 0.3 is 0 Å². The summed E-state index contributed by atoms with van der Waals surface area (Å²) in [6.45, 7) is 0.464. The standard InChI is InChI=1S/C12H10BrClN2OS/c13-9-3-1-7(5-10(9)15)12(17)16-6-8-2-4-11(14)18-8/h1-5H,6,15H2,(H,16,17). The van der Waals surface area contributed by atoms with Crippen molar-refractivity contribution >= 4 is 50.5 Å². The quantitative estimate of drug-likeness (QED) is 0.834. The molecule has 0 unspecified atom stereocenters. The van der Waals surface area contributed by atoms with Gasteiger partial charge in [0.15, 0.2) is 0 Å². The predicted octanol–water partition coefficient (Wildman–Crippen LogP) is 3.68. The smallest absolute Gasteiger partial charge is 0.251 e. The lowest BCUT2D eigenvalue weighted by molar-refractivity contribution is 0.0951. The number of carbonyl (C=O) groups excluding carboxylic acids is 1. The molecule has 2 aromatic rings. The van der Waals surface area contributed by atoms with E-state index in [1.54, 1.807) is 18.2 Å². The van der Waals surface area contributed by atoms with Gasteiger partial charge in [-0.1, -0.05) is 11.6 Å². The SMILES string of the molecule is Nc1cc(C(=O)NCc2ccc(Cl)s2)ccc1Br. The first-order chi connectivity index (χ1) is 8.56. The van der Waals surface area contributed by atoms with Crippen LogP contribution >= 0.6 is 38.9 Å². The zero-order valence-corrected chi connectivity index (χ0v) is 12.4. The molecular formula is C12H10BrClN2OS. The molecule has 0 aliphatic rings. The van der Waals surface area contributed by atoms with Gasteiger partial charge in [0, 0.05) is 20.6 Å². The summed E-state index contributed by atoms with van der Waals surface area (Å²) in [6, 6.07) is 8.82. The molecule has 1 amide bonds. The van der Waals surface area contributed by atoms with Crippen LogP contribution in [0.15, 0.2) is 34.8 Å². The number of carbonyl (C=O) groups is 1. The van der Waals surface area contributed by atoms with E-state index in [0.29, 0.717) is 22.1 Å². The van der Waals surface area contributed by atoms with E-state index >= 15 is 0 Å². The molecule has 0 aliphatic heterocycles. The Kier molecular flexibility index (Phi) is 4.27. The van der Waals surface area contributed by atoms with Gasteiger partial charge in [-0.25, -0.2) is 0 Å². The summed E-state index contributed by atoms with van der Waals surface area (Å²) in [4.78, 5) is 12.9. The number of nitrogen functional groups attached to an aromatic ring is 1. The molecular weight excluding hydrogens is 336 g/mol. The van der Waals surface area contributed by atoms with Crippen LogP contribution in [-0.2, 0) is 6.54 Å². The van der Waals surface area contributed by atoms with Crippen molar-refractivity contribution in [2.24, 2.45) is 0 Å². The second-order valence-corrected chi connectivity index (χ2v) is 6.28. The minimum Gasteiger partial charge on any atom is -0.398 e. The second-order valence-electron chi connectivity index (χ2n) is 3.62. The topological polar surface area (TPSA) is 55.1 Å². The van der Waals surface area contributed by atoms with Crippen molar-refractivity contribution in [1.29, 1.82) is 0 Å². The fraction of sp³-hybridized carbons (Fsp3) is 0.0833. The van der Waals surface area contributed by atoms with E-state index in [0.717, 1.165) is 9.35 Å². The van der Waals surface area contributed by atoms with Gasteiger partial charge in [0.05, 0.1) is 10.9 Å². The van der Waals surface area contributed by atoms with Crippen LogP contribution in [0.1, 0.15) is 15.2 Å². The molecule has 0 saturated heterocycles. The monoisotopic (exact) mass is 344 g/mol. The number of benzene rings is 1. The molecule has 1 aromatic heterocycles. The molecule has 0 saturated carbocycles. The van der Waals surface area contributed by atoms with Crippen molar-refractivity contribution < 1.29 is 4.79 Å². The van der Waals surface area contributed by atoms with Gasteiger partial charge in [0.25, 0.3) is 5.91 Å². The van der Waals surface area contributed by atoms with Gasteiger partial charge in [-0.2, -0.15) is 0 Å². The molecule has 3 nitrogen and oxygen atoms in total. The number of halogens is 2. The van der Waals surface area contributed by atoms with E-state index in [4.69, 9.17) is 17.3 Å². The fourth-order valence-corrected chi connectivity index (χ4v) is 2.68. The first kappa shape index (κ1) is 13.4. The molecule has 3 N–H and O–H groups in total. The van der Waals surface area contributed by atoms with Gasteiger partial charge in [-0.3, -0.25) is 4.79 Å². The van der Waals surface area contributed by atoms with Crippen LogP contribution in [0, 0.1) is 0 Å². The Morgan fingerprint density at radius 2 is 2.17 bits per heavy atom. The van der Waals surface area contributed by atoms with Crippen LogP contribution in [-0.4, -0.2) is 5.91 Å². The third-order valence-corrected chi connectivity index (χ3v) is 4.26. The third kappa shape index (κ3) is 3.25. The highest BCUT2D eigenvalue weighted by atomic mass is 79.9. The van der Waals surface area contributed by atoms with Crippen LogP contribution in [0.3, 0.4) is 0 Å². The van der Waals surface area contributed by atoms with Crippen molar-refractivity contribution in [1.82, 2.24) is 5.32 Å². The van der Waals surface area contributed by atoms with Gasteiger partial charge in [-0.05, 0) is 46.3 Å². The van der Waals surface area contributed by atoms with Crippen molar-refractivity contribution in [2.75, 3.05) is 5.73 Å². The van der Waals surface area contributed by atoms with Crippen LogP contribution < -0.4 is 11.1 Å². The zero-order chi connectivity index (χ0) is 13.1. The van der Waals surface area contributed by atoms with E-state index in [-0.39, 0.29) is 5.91 Å².